The van der Waals surface area contributed by atoms with E-state index < -0.39 is 0 Å². The third-order valence-corrected chi connectivity index (χ3v) is 3.74. The van der Waals surface area contributed by atoms with Crippen molar-refractivity contribution < 1.29 is 9.53 Å². The Morgan fingerprint density at radius 3 is 2.73 bits per heavy atom. The largest absolute Gasteiger partial charge is 0.465 e. The van der Waals surface area contributed by atoms with Crippen molar-refractivity contribution in [2.24, 2.45) is 0 Å². The van der Waals surface area contributed by atoms with Crippen LogP contribution in [0.25, 0.3) is 10.8 Å². The van der Waals surface area contributed by atoms with Crippen molar-refractivity contribution in [3.8, 4) is 0 Å². The normalized spacial score (nSPS) is 10.7. The molecule has 5 nitrogen and oxygen atoms in total. The molecule has 1 aromatic heterocycles. The van der Waals surface area contributed by atoms with Gasteiger partial charge in [-0.25, -0.2) is 9.78 Å². The molecule has 0 spiro atoms. The molecule has 0 fully saturated rings. The van der Waals surface area contributed by atoms with Crippen LogP contribution in [0.1, 0.15) is 42.6 Å². The zero-order chi connectivity index (χ0) is 16.1. The molecule has 0 bridgehead atoms. The Morgan fingerprint density at radius 1 is 1.32 bits per heavy atom. The lowest BCUT2D eigenvalue weighted by Gasteiger charge is -2.14. The SMILES string of the molecule is CCCCNc1nc(N)c(CC)c2cc(C(=O)OC)ccc12. The number of hydrogen-bond donors (Lipinski definition) is 2. The Bertz CT molecular complexity index is 683. The summed E-state index contributed by atoms with van der Waals surface area (Å²) in [5.74, 6) is 0.936. The number of fused-ring (bicyclic) bond motifs is 1. The average Bonchev–Trinajstić information content (AvgIpc) is 2.53. The maximum atomic E-state index is 11.8. The first kappa shape index (κ1) is 16.1. The maximum Gasteiger partial charge on any atom is 0.337 e. The predicted octanol–water partition coefficient (Wildman–Crippen LogP) is 3.38. The van der Waals surface area contributed by atoms with Crippen molar-refractivity contribution in [1.29, 1.82) is 0 Å². The lowest BCUT2D eigenvalue weighted by Crippen LogP contribution is -2.08. The minimum absolute atomic E-state index is 0.347. The van der Waals surface area contributed by atoms with Crippen molar-refractivity contribution in [2.75, 3.05) is 24.7 Å². The number of unbranched alkanes of at least 4 members (excludes halogenated alkanes) is 1. The first-order chi connectivity index (χ1) is 10.6. The second-order valence-corrected chi connectivity index (χ2v) is 5.21. The number of carbonyl (C=O) groups excluding carboxylic acids is 1. The number of benzene rings is 1. The van der Waals surface area contributed by atoms with Crippen LogP contribution < -0.4 is 11.1 Å². The van der Waals surface area contributed by atoms with E-state index >= 15 is 0 Å². The molecule has 0 atom stereocenters. The summed E-state index contributed by atoms with van der Waals surface area (Å²) in [7, 11) is 1.38. The first-order valence-corrected chi connectivity index (χ1v) is 7.66. The Kier molecular flexibility index (Phi) is 5.20. The molecule has 3 N–H and O–H groups in total. The fraction of sp³-hybridized carbons (Fsp3) is 0.412. The van der Waals surface area contributed by atoms with Crippen molar-refractivity contribution in [2.45, 2.75) is 33.1 Å². The highest BCUT2D eigenvalue weighted by Crippen LogP contribution is 2.30. The Balaban J connectivity index is 2.56. The standard InChI is InChI=1S/C17H23N3O2/c1-4-6-9-19-16-13-8-7-11(17(21)22-3)10-14(13)12(5-2)15(18)20-16/h7-8,10H,4-6,9H2,1-3H3,(H3,18,19,20). The highest BCUT2D eigenvalue weighted by molar-refractivity contribution is 6.01. The van der Waals surface area contributed by atoms with Gasteiger partial charge < -0.3 is 15.8 Å². The van der Waals surface area contributed by atoms with Gasteiger partial charge in [0, 0.05) is 17.5 Å². The number of aryl methyl sites for hydroxylation is 1. The summed E-state index contributed by atoms with van der Waals surface area (Å²) < 4.78 is 4.80. The Hall–Kier alpha value is -2.30. The smallest absolute Gasteiger partial charge is 0.337 e. The third kappa shape index (κ3) is 3.13. The molecule has 0 radical (unpaired) electrons. The lowest BCUT2D eigenvalue weighted by atomic mass is 10.0. The van der Waals surface area contributed by atoms with Crippen molar-refractivity contribution in [3.63, 3.8) is 0 Å². The molecule has 2 rings (SSSR count). The molecule has 0 aliphatic carbocycles. The molecule has 0 aliphatic rings. The number of anilines is 2. The second-order valence-electron chi connectivity index (χ2n) is 5.21. The van der Waals surface area contributed by atoms with E-state index in [-0.39, 0.29) is 5.97 Å². The van der Waals surface area contributed by atoms with E-state index in [0.717, 1.165) is 48.0 Å². The van der Waals surface area contributed by atoms with Crippen LogP contribution in [0.3, 0.4) is 0 Å². The molecule has 1 heterocycles. The van der Waals surface area contributed by atoms with Gasteiger partial charge in [-0.1, -0.05) is 20.3 Å². The average molecular weight is 301 g/mol. The van der Waals surface area contributed by atoms with Crippen LogP contribution in [0.4, 0.5) is 11.6 Å². The van der Waals surface area contributed by atoms with Crippen molar-refractivity contribution in [1.82, 2.24) is 4.98 Å². The van der Waals surface area contributed by atoms with Gasteiger partial charge in [-0.3, -0.25) is 0 Å². The molecule has 2 aromatic rings. The number of nitrogen functional groups attached to an aromatic ring is 1. The number of esters is 1. The van der Waals surface area contributed by atoms with Gasteiger partial charge >= 0.3 is 5.97 Å². The molecule has 0 unspecified atom stereocenters. The number of nitrogens with two attached hydrogens (primary N) is 1. The maximum absolute atomic E-state index is 11.8. The molecular formula is C17H23N3O2. The fourth-order valence-electron chi connectivity index (χ4n) is 2.52. The molecule has 0 aliphatic heterocycles. The van der Waals surface area contributed by atoms with Gasteiger partial charge in [0.25, 0.3) is 0 Å². The summed E-state index contributed by atoms with van der Waals surface area (Å²) in [6.45, 7) is 5.02. The van der Waals surface area contributed by atoms with Gasteiger partial charge in [0.1, 0.15) is 11.6 Å². The third-order valence-electron chi connectivity index (χ3n) is 3.74. The van der Waals surface area contributed by atoms with E-state index in [2.05, 4.69) is 17.2 Å². The van der Waals surface area contributed by atoms with Crippen LogP contribution in [-0.4, -0.2) is 24.6 Å². The topological polar surface area (TPSA) is 77.2 Å². The molecular weight excluding hydrogens is 278 g/mol. The molecule has 22 heavy (non-hydrogen) atoms. The summed E-state index contributed by atoms with van der Waals surface area (Å²) in [6, 6.07) is 5.50. The van der Waals surface area contributed by atoms with E-state index in [1.54, 1.807) is 6.07 Å². The minimum atomic E-state index is -0.347. The van der Waals surface area contributed by atoms with E-state index in [1.165, 1.54) is 7.11 Å². The Labute approximate surface area is 130 Å². The van der Waals surface area contributed by atoms with E-state index in [4.69, 9.17) is 10.5 Å². The fourth-order valence-corrected chi connectivity index (χ4v) is 2.52. The van der Waals surface area contributed by atoms with E-state index in [1.807, 2.05) is 19.1 Å². The molecule has 5 heteroatoms. The summed E-state index contributed by atoms with van der Waals surface area (Å²) >= 11 is 0. The monoisotopic (exact) mass is 301 g/mol. The zero-order valence-corrected chi connectivity index (χ0v) is 13.4. The van der Waals surface area contributed by atoms with Crippen LogP contribution in [0.15, 0.2) is 18.2 Å². The number of nitrogens with zero attached hydrogens (tertiary/aromatic N) is 1. The highest BCUT2D eigenvalue weighted by atomic mass is 16.5. The number of methoxy groups -OCH3 is 1. The Morgan fingerprint density at radius 2 is 2.09 bits per heavy atom. The van der Waals surface area contributed by atoms with Crippen LogP contribution in [-0.2, 0) is 11.2 Å². The van der Waals surface area contributed by atoms with Gasteiger partial charge in [-0.15, -0.1) is 0 Å². The van der Waals surface area contributed by atoms with Gasteiger partial charge in [0.2, 0.25) is 0 Å². The highest BCUT2D eigenvalue weighted by Gasteiger charge is 2.14. The quantitative estimate of drug-likeness (QED) is 0.632. The lowest BCUT2D eigenvalue weighted by molar-refractivity contribution is 0.0601. The summed E-state index contributed by atoms with van der Waals surface area (Å²) in [4.78, 5) is 16.2. The van der Waals surface area contributed by atoms with Crippen molar-refractivity contribution >= 4 is 28.4 Å². The number of nitrogens with one attached hydrogen (secondary N) is 1. The van der Waals surface area contributed by atoms with E-state index in [0.29, 0.717) is 11.4 Å². The predicted molar refractivity (Wildman–Crippen MR) is 90.3 cm³/mol. The number of pyridine rings is 1. The van der Waals surface area contributed by atoms with Crippen LogP contribution in [0, 0.1) is 0 Å². The van der Waals surface area contributed by atoms with Gasteiger partial charge in [0.15, 0.2) is 0 Å². The number of aromatic nitrogens is 1. The first-order valence-electron chi connectivity index (χ1n) is 7.66. The van der Waals surface area contributed by atoms with E-state index in [9.17, 15) is 4.79 Å². The molecule has 0 saturated heterocycles. The molecule has 1 aromatic carbocycles. The molecule has 0 amide bonds. The number of rotatable bonds is 6. The van der Waals surface area contributed by atoms with Crippen LogP contribution in [0.5, 0.6) is 0 Å². The minimum Gasteiger partial charge on any atom is -0.465 e. The van der Waals surface area contributed by atoms with Crippen molar-refractivity contribution in [3.05, 3.63) is 29.3 Å². The summed E-state index contributed by atoms with van der Waals surface area (Å²) in [6.07, 6.45) is 2.94. The number of carbonyl (C=O) groups is 1. The van der Waals surface area contributed by atoms with Gasteiger partial charge in [0.05, 0.1) is 12.7 Å². The number of ether oxygens (including phenoxy) is 1. The number of hydrogen-bond acceptors (Lipinski definition) is 5. The summed E-state index contributed by atoms with van der Waals surface area (Å²) in [5, 5.41) is 5.27. The van der Waals surface area contributed by atoms with Crippen LogP contribution in [0.2, 0.25) is 0 Å². The second kappa shape index (κ2) is 7.11. The molecule has 0 saturated carbocycles. The van der Waals surface area contributed by atoms with Crippen LogP contribution >= 0.6 is 0 Å². The van der Waals surface area contributed by atoms with Gasteiger partial charge in [-0.2, -0.15) is 0 Å². The zero-order valence-electron chi connectivity index (χ0n) is 13.4. The van der Waals surface area contributed by atoms with Gasteiger partial charge in [-0.05, 0) is 36.4 Å². The summed E-state index contributed by atoms with van der Waals surface area (Å²) in [5.41, 5.74) is 7.58. The molecule has 118 valence electrons.